The van der Waals surface area contributed by atoms with Crippen LogP contribution in [-0.4, -0.2) is 42.2 Å². The molecule has 4 rings (SSSR count). The maximum absolute atomic E-state index is 13.4. The van der Waals surface area contributed by atoms with Crippen LogP contribution in [0.1, 0.15) is 47.8 Å². The van der Waals surface area contributed by atoms with E-state index in [-0.39, 0.29) is 29.8 Å². The molecule has 1 heterocycles. The highest BCUT2D eigenvalue weighted by molar-refractivity contribution is 6.35. The van der Waals surface area contributed by atoms with Crippen molar-refractivity contribution in [3.63, 3.8) is 0 Å². The molecule has 0 radical (unpaired) electrons. The van der Waals surface area contributed by atoms with Gasteiger partial charge in [0, 0.05) is 17.1 Å². The van der Waals surface area contributed by atoms with Gasteiger partial charge in [0.05, 0.1) is 23.9 Å². The molecule has 7 nitrogen and oxygen atoms in total. The van der Waals surface area contributed by atoms with E-state index in [1.165, 1.54) is 30.2 Å². The Kier molecular flexibility index (Phi) is 6.71. The Labute approximate surface area is 207 Å². The number of fused-ring (bicyclic) bond motifs is 1. The largest absolute Gasteiger partial charge is 0.468 e. The van der Waals surface area contributed by atoms with Gasteiger partial charge < -0.3 is 9.64 Å². The molecule has 1 aliphatic rings. The molecule has 0 atom stereocenters. The molecule has 35 heavy (non-hydrogen) atoms. The van der Waals surface area contributed by atoms with Crippen molar-refractivity contribution in [2.75, 3.05) is 18.6 Å². The third kappa shape index (κ3) is 4.81. The van der Waals surface area contributed by atoms with E-state index < -0.39 is 23.7 Å². The minimum Gasteiger partial charge on any atom is -0.468 e. The molecule has 0 fully saturated rings. The molecule has 3 aromatic carbocycles. The normalized spacial score (nSPS) is 12.5. The van der Waals surface area contributed by atoms with Crippen LogP contribution >= 0.6 is 11.6 Å². The van der Waals surface area contributed by atoms with Crippen LogP contribution < -0.4 is 4.90 Å². The Bertz CT molecular complexity index is 1350. The first-order valence-electron chi connectivity index (χ1n) is 10.9. The van der Waals surface area contributed by atoms with Crippen molar-refractivity contribution in [2.45, 2.75) is 20.4 Å². The van der Waals surface area contributed by atoms with Crippen molar-refractivity contribution in [1.82, 2.24) is 4.90 Å². The van der Waals surface area contributed by atoms with Crippen LogP contribution in [0.3, 0.4) is 0 Å². The predicted molar refractivity (Wildman–Crippen MR) is 132 cm³/mol. The molecule has 0 bridgehead atoms. The van der Waals surface area contributed by atoms with Crippen molar-refractivity contribution < 1.29 is 23.9 Å². The van der Waals surface area contributed by atoms with E-state index in [9.17, 15) is 19.2 Å². The van der Waals surface area contributed by atoms with Crippen LogP contribution in [0.25, 0.3) is 0 Å². The average molecular weight is 491 g/mol. The summed E-state index contributed by atoms with van der Waals surface area (Å²) in [5.74, 6) is -1.99. The predicted octanol–water partition coefficient (Wildman–Crippen LogP) is 4.57. The number of carbonyl (C=O) groups is 4. The summed E-state index contributed by atoms with van der Waals surface area (Å²) in [5.41, 5.74) is 3.54. The molecule has 1 aliphatic heterocycles. The fourth-order valence-corrected chi connectivity index (χ4v) is 4.09. The standard InChI is InChI=1S/C27H23ClN2O5/c1-16-4-5-17(2)23(12-16)30-26(33)21-11-8-19(13-22(21)27(30)34)25(32)29(15-24(31)35-3)14-18-6-9-20(28)10-7-18/h4-13H,14-15H2,1-3H3. The number of methoxy groups -OCH3 is 1. The van der Waals surface area contributed by atoms with Gasteiger partial charge >= 0.3 is 5.97 Å². The Morgan fingerprint density at radius 1 is 0.914 bits per heavy atom. The van der Waals surface area contributed by atoms with Crippen LogP contribution in [0, 0.1) is 13.8 Å². The second-order valence-corrected chi connectivity index (χ2v) is 8.80. The summed E-state index contributed by atoms with van der Waals surface area (Å²) in [5, 5.41) is 0.551. The summed E-state index contributed by atoms with van der Waals surface area (Å²) in [6, 6.07) is 16.8. The van der Waals surface area contributed by atoms with Gasteiger partial charge in [-0.2, -0.15) is 0 Å². The number of hydrogen-bond acceptors (Lipinski definition) is 5. The molecule has 0 aromatic heterocycles. The first-order chi connectivity index (χ1) is 16.7. The van der Waals surface area contributed by atoms with E-state index in [1.807, 2.05) is 26.0 Å². The number of nitrogens with zero attached hydrogens (tertiary/aromatic N) is 2. The minimum atomic E-state index is -0.583. The van der Waals surface area contributed by atoms with Gasteiger partial charge in [-0.05, 0) is 66.9 Å². The number of hydrogen-bond donors (Lipinski definition) is 0. The van der Waals surface area contributed by atoms with E-state index >= 15 is 0 Å². The van der Waals surface area contributed by atoms with Gasteiger partial charge in [0.1, 0.15) is 6.54 Å². The van der Waals surface area contributed by atoms with Crippen LogP contribution in [0.15, 0.2) is 60.7 Å². The van der Waals surface area contributed by atoms with Crippen molar-refractivity contribution in [3.05, 3.63) is 99.1 Å². The monoisotopic (exact) mass is 490 g/mol. The summed E-state index contributed by atoms with van der Waals surface area (Å²) in [4.78, 5) is 54.2. The lowest BCUT2D eigenvalue weighted by atomic mass is 10.0. The fraction of sp³-hybridized carbons (Fsp3) is 0.185. The number of halogens is 1. The van der Waals surface area contributed by atoms with Gasteiger partial charge in [0.15, 0.2) is 0 Å². The Morgan fingerprint density at radius 2 is 1.60 bits per heavy atom. The average Bonchev–Trinajstić information content (AvgIpc) is 3.10. The van der Waals surface area contributed by atoms with Crippen LogP contribution in [0.5, 0.6) is 0 Å². The van der Waals surface area contributed by atoms with E-state index in [0.29, 0.717) is 10.7 Å². The number of ether oxygens (including phenoxy) is 1. The van der Waals surface area contributed by atoms with E-state index in [2.05, 4.69) is 0 Å². The van der Waals surface area contributed by atoms with Crippen LogP contribution in [0.4, 0.5) is 5.69 Å². The lowest BCUT2D eigenvalue weighted by molar-refractivity contribution is -0.141. The molecule has 3 aromatic rings. The number of carbonyl (C=O) groups excluding carboxylic acids is 4. The lowest BCUT2D eigenvalue weighted by Gasteiger charge is -2.22. The maximum Gasteiger partial charge on any atom is 0.325 e. The summed E-state index contributed by atoms with van der Waals surface area (Å²) in [6.45, 7) is 3.56. The number of anilines is 1. The summed E-state index contributed by atoms with van der Waals surface area (Å²) in [7, 11) is 1.24. The molecule has 0 saturated heterocycles. The number of imide groups is 1. The Hall–Kier alpha value is -3.97. The third-order valence-corrected chi connectivity index (χ3v) is 6.11. The third-order valence-electron chi connectivity index (χ3n) is 5.86. The quantitative estimate of drug-likeness (QED) is 0.373. The molecule has 0 unspecified atom stereocenters. The molecule has 0 N–H and O–H groups in total. The van der Waals surface area contributed by atoms with Crippen molar-refractivity contribution >= 4 is 41.0 Å². The second-order valence-electron chi connectivity index (χ2n) is 8.36. The van der Waals surface area contributed by atoms with Gasteiger partial charge in [0.25, 0.3) is 17.7 Å². The molecule has 0 spiro atoms. The van der Waals surface area contributed by atoms with Gasteiger partial charge in [-0.1, -0.05) is 35.9 Å². The summed E-state index contributed by atoms with van der Waals surface area (Å²) in [6.07, 6.45) is 0. The molecule has 3 amide bonds. The molecule has 8 heteroatoms. The highest BCUT2D eigenvalue weighted by Crippen LogP contribution is 2.32. The van der Waals surface area contributed by atoms with Crippen molar-refractivity contribution in [1.29, 1.82) is 0 Å². The molecule has 0 aliphatic carbocycles. The zero-order chi connectivity index (χ0) is 25.3. The van der Waals surface area contributed by atoms with Gasteiger partial charge in [0.2, 0.25) is 0 Å². The molecular formula is C27H23ClN2O5. The molecule has 178 valence electrons. The fourth-order valence-electron chi connectivity index (χ4n) is 3.97. The number of rotatable bonds is 6. The number of esters is 1. The first kappa shape index (κ1) is 24.2. The van der Waals surface area contributed by atoms with Crippen molar-refractivity contribution in [2.24, 2.45) is 0 Å². The van der Waals surface area contributed by atoms with Crippen molar-refractivity contribution in [3.8, 4) is 0 Å². The number of aryl methyl sites for hydroxylation is 2. The topological polar surface area (TPSA) is 84.0 Å². The summed E-state index contributed by atoms with van der Waals surface area (Å²) < 4.78 is 4.75. The van der Waals surface area contributed by atoms with E-state index in [0.717, 1.165) is 21.6 Å². The van der Waals surface area contributed by atoms with E-state index in [1.54, 1.807) is 30.3 Å². The summed E-state index contributed by atoms with van der Waals surface area (Å²) >= 11 is 5.95. The van der Waals surface area contributed by atoms with Crippen LogP contribution in [-0.2, 0) is 16.1 Å². The lowest BCUT2D eigenvalue weighted by Crippen LogP contribution is -2.35. The second kappa shape index (κ2) is 9.72. The number of benzene rings is 3. The Morgan fingerprint density at radius 3 is 2.29 bits per heavy atom. The maximum atomic E-state index is 13.4. The Balaban J connectivity index is 1.66. The zero-order valence-electron chi connectivity index (χ0n) is 19.5. The molecular weight excluding hydrogens is 468 g/mol. The van der Waals surface area contributed by atoms with Crippen LogP contribution in [0.2, 0.25) is 5.02 Å². The number of amides is 3. The molecule has 0 saturated carbocycles. The minimum absolute atomic E-state index is 0.129. The van der Waals surface area contributed by atoms with E-state index in [4.69, 9.17) is 16.3 Å². The van der Waals surface area contributed by atoms with Gasteiger partial charge in [-0.25, -0.2) is 4.90 Å². The smallest absolute Gasteiger partial charge is 0.325 e. The highest BCUT2D eigenvalue weighted by atomic mass is 35.5. The zero-order valence-corrected chi connectivity index (χ0v) is 20.3. The van der Waals surface area contributed by atoms with Gasteiger partial charge in [-0.3, -0.25) is 19.2 Å². The highest BCUT2D eigenvalue weighted by Gasteiger charge is 2.38. The van der Waals surface area contributed by atoms with Gasteiger partial charge in [-0.15, -0.1) is 0 Å². The first-order valence-corrected chi connectivity index (χ1v) is 11.3. The SMILES string of the molecule is COC(=O)CN(Cc1ccc(Cl)cc1)C(=O)c1ccc2c(c1)C(=O)N(c1cc(C)ccc1C)C2=O.